The molecule has 0 aromatic rings. The number of aldehydes is 2. The molecule has 5 heteroatoms. The van der Waals surface area contributed by atoms with Gasteiger partial charge in [-0.1, -0.05) is 35.7 Å². The minimum absolute atomic E-state index is 0.470. The zero-order chi connectivity index (χ0) is 8.97. The van der Waals surface area contributed by atoms with Crippen molar-refractivity contribution in [2.75, 3.05) is 0 Å². The molecule has 0 amide bonds. The van der Waals surface area contributed by atoms with Crippen LogP contribution in [0.1, 0.15) is 0 Å². The average Bonchev–Trinajstić information content (AvgIpc) is 2.48. The van der Waals surface area contributed by atoms with E-state index in [9.17, 15) is 9.59 Å². The van der Waals surface area contributed by atoms with E-state index in [1.54, 1.807) is 6.08 Å². The molecule has 0 saturated heterocycles. The van der Waals surface area contributed by atoms with E-state index in [0.717, 1.165) is 4.24 Å². The molecule has 0 unspecified atom stereocenters. The summed E-state index contributed by atoms with van der Waals surface area (Å²) in [5.74, 6) is 0. The molecule has 1 aliphatic rings. The number of carbonyl (C=O) groups excluding carboxylic acids is 2. The van der Waals surface area contributed by atoms with Crippen molar-refractivity contribution in [3.8, 4) is 0 Å². The number of hydrogen-bond donors (Lipinski definition) is 0. The van der Waals surface area contributed by atoms with E-state index >= 15 is 0 Å². The van der Waals surface area contributed by atoms with Crippen LogP contribution < -0.4 is 0 Å². The topological polar surface area (TPSA) is 34.1 Å². The van der Waals surface area contributed by atoms with Crippen LogP contribution in [0.4, 0.5) is 0 Å². The Balaban J connectivity index is 2.85. The van der Waals surface area contributed by atoms with Gasteiger partial charge in [-0.25, -0.2) is 0 Å². The van der Waals surface area contributed by atoms with Gasteiger partial charge in [-0.15, -0.1) is 0 Å². The second-order valence-electron chi connectivity index (χ2n) is 1.79. The molecule has 0 atom stereocenters. The van der Waals surface area contributed by atoms with E-state index in [2.05, 4.69) is 12.2 Å². The lowest BCUT2D eigenvalue weighted by molar-refractivity contribution is -0.106. The van der Waals surface area contributed by atoms with Crippen LogP contribution in [0, 0.1) is 0 Å². The Bertz CT molecular complexity index is 269. The normalized spacial score (nSPS) is 16.2. The van der Waals surface area contributed by atoms with Gasteiger partial charge in [-0.05, 0) is 6.08 Å². The van der Waals surface area contributed by atoms with Gasteiger partial charge < -0.3 is 0 Å². The maximum Gasteiger partial charge on any atom is 0.158 e. The van der Waals surface area contributed by atoms with E-state index < -0.39 is 0 Å². The summed E-state index contributed by atoms with van der Waals surface area (Å²) in [5.41, 5.74) is 0. The van der Waals surface area contributed by atoms with Gasteiger partial charge in [0, 0.05) is 5.37 Å². The molecule has 0 bridgehead atoms. The summed E-state index contributed by atoms with van der Waals surface area (Å²) in [4.78, 5) is 21.8. The van der Waals surface area contributed by atoms with E-state index in [1.165, 1.54) is 28.9 Å². The van der Waals surface area contributed by atoms with E-state index in [0.29, 0.717) is 22.4 Å². The van der Waals surface area contributed by atoms with Crippen LogP contribution in [0.2, 0.25) is 0 Å². The summed E-state index contributed by atoms with van der Waals surface area (Å²) in [5, 5.41) is 1.46. The largest absolute Gasteiger partial charge is 0.297 e. The molecule has 2 nitrogen and oxygen atoms in total. The van der Waals surface area contributed by atoms with Gasteiger partial charge >= 0.3 is 0 Å². The fourth-order valence-electron chi connectivity index (χ4n) is 0.626. The maximum atomic E-state index is 10.4. The molecule has 0 N–H and O–H groups in total. The first kappa shape index (κ1) is 9.70. The molecule has 1 heterocycles. The molecule has 0 saturated carbocycles. The Kier molecular flexibility index (Phi) is 3.71. The highest BCUT2D eigenvalue weighted by Crippen LogP contribution is 2.46. The first-order chi connectivity index (χ1) is 5.81. The lowest BCUT2D eigenvalue weighted by Crippen LogP contribution is -1.79. The predicted octanol–water partition coefficient (Wildman–Crippen LogP) is 1.92. The fraction of sp³-hybridized carbons (Fsp3) is 0. The average molecular weight is 216 g/mol. The summed E-state index contributed by atoms with van der Waals surface area (Å²) >= 11 is 7.16. The van der Waals surface area contributed by atoms with E-state index in [1.807, 2.05) is 0 Å². The van der Waals surface area contributed by atoms with Crippen LogP contribution in [0.15, 0.2) is 20.1 Å². The highest BCUT2D eigenvalue weighted by molar-refractivity contribution is 8.29. The number of rotatable bonds is 3. The zero-order valence-electron chi connectivity index (χ0n) is 5.85. The molecule has 0 fully saturated rings. The van der Waals surface area contributed by atoms with Gasteiger partial charge in [0.05, 0.1) is 14.0 Å². The quantitative estimate of drug-likeness (QED) is 0.409. The van der Waals surface area contributed by atoms with Crippen molar-refractivity contribution in [1.29, 1.82) is 0 Å². The second kappa shape index (κ2) is 4.59. The van der Waals surface area contributed by atoms with Crippen molar-refractivity contribution in [2.45, 2.75) is 0 Å². The van der Waals surface area contributed by atoms with Gasteiger partial charge in [-0.2, -0.15) is 0 Å². The Morgan fingerprint density at radius 2 is 1.58 bits per heavy atom. The molecule has 0 aromatic heterocycles. The third-order valence-electron chi connectivity index (χ3n) is 1.08. The van der Waals surface area contributed by atoms with Crippen LogP contribution in [-0.4, -0.2) is 17.9 Å². The molecule has 1 aliphatic heterocycles. The van der Waals surface area contributed by atoms with Crippen LogP contribution in [0.25, 0.3) is 0 Å². The summed E-state index contributed by atoms with van der Waals surface area (Å²) in [6.07, 6.45) is 3.07. The van der Waals surface area contributed by atoms with Crippen molar-refractivity contribution in [1.82, 2.24) is 0 Å². The van der Waals surface area contributed by atoms with Gasteiger partial charge in [0.1, 0.15) is 0 Å². The third kappa shape index (κ3) is 2.06. The van der Waals surface area contributed by atoms with Gasteiger partial charge in [0.25, 0.3) is 0 Å². The SMILES string of the molecule is O=CC1=C(C=O)SC(=CC=S)S1. The first-order valence-electron chi connectivity index (χ1n) is 2.97. The monoisotopic (exact) mass is 216 g/mol. The second-order valence-corrected chi connectivity index (χ2v) is 4.49. The van der Waals surface area contributed by atoms with Crippen LogP contribution >= 0.6 is 35.7 Å². The van der Waals surface area contributed by atoms with Crippen molar-refractivity contribution in [3.05, 3.63) is 20.1 Å². The molecule has 0 radical (unpaired) electrons. The number of allylic oxidation sites excluding steroid dienone is 3. The van der Waals surface area contributed by atoms with Crippen LogP contribution in [0.3, 0.4) is 0 Å². The van der Waals surface area contributed by atoms with Crippen molar-refractivity contribution < 1.29 is 9.59 Å². The standard InChI is InChI=1S/C7H4O2S3/c8-3-5-6(4-9)12-7(11-5)1-2-10/h1-4H. The molecule has 1 rings (SSSR count). The minimum atomic E-state index is 0.470. The molecule has 0 aromatic carbocycles. The molecule has 12 heavy (non-hydrogen) atoms. The first-order valence-corrected chi connectivity index (χ1v) is 5.08. The van der Waals surface area contributed by atoms with Crippen molar-refractivity contribution in [3.63, 3.8) is 0 Å². The lowest BCUT2D eigenvalue weighted by atomic mass is 10.5. The summed E-state index contributed by atoms with van der Waals surface area (Å²) in [6, 6.07) is 0. The number of carbonyl (C=O) groups is 2. The van der Waals surface area contributed by atoms with Gasteiger partial charge in [0.2, 0.25) is 0 Å². The Morgan fingerprint density at radius 3 is 1.92 bits per heavy atom. The van der Waals surface area contributed by atoms with Crippen molar-refractivity contribution >= 4 is 53.7 Å². The zero-order valence-corrected chi connectivity index (χ0v) is 8.30. The number of hydrogen-bond acceptors (Lipinski definition) is 5. The number of thiocarbonyl (C=S) groups is 1. The van der Waals surface area contributed by atoms with Crippen LogP contribution in [-0.2, 0) is 9.59 Å². The minimum Gasteiger partial charge on any atom is -0.297 e. The molecular formula is C7H4O2S3. The maximum absolute atomic E-state index is 10.4. The van der Waals surface area contributed by atoms with Gasteiger partial charge in [0.15, 0.2) is 12.6 Å². The molecular weight excluding hydrogens is 212 g/mol. The Morgan fingerprint density at radius 1 is 1.08 bits per heavy atom. The predicted molar refractivity (Wildman–Crippen MR) is 56.1 cm³/mol. The third-order valence-corrected chi connectivity index (χ3v) is 3.59. The summed E-state index contributed by atoms with van der Waals surface area (Å²) in [6.45, 7) is 0. The lowest BCUT2D eigenvalue weighted by Gasteiger charge is -1.88. The number of thioether (sulfide) groups is 2. The smallest absolute Gasteiger partial charge is 0.158 e. The van der Waals surface area contributed by atoms with Crippen molar-refractivity contribution in [2.24, 2.45) is 0 Å². The Hall–Kier alpha value is -0.390. The Labute approximate surface area is 83.5 Å². The molecule has 62 valence electrons. The van der Waals surface area contributed by atoms with E-state index in [4.69, 9.17) is 0 Å². The van der Waals surface area contributed by atoms with E-state index in [-0.39, 0.29) is 0 Å². The highest BCUT2D eigenvalue weighted by atomic mass is 32.2. The van der Waals surface area contributed by atoms with Crippen LogP contribution in [0.5, 0.6) is 0 Å². The molecule has 0 aliphatic carbocycles. The summed E-state index contributed by atoms with van der Waals surface area (Å²) < 4.78 is 0.870. The highest BCUT2D eigenvalue weighted by Gasteiger charge is 2.19. The fourth-order valence-corrected chi connectivity index (χ4v) is 2.99. The molecule has 0 spiro atoms. The summed E-state index contributed by atoms with van der Waals surface area (Å²) in [7, 11) is 0. The van der Waals surface area contributed by atoms with Gasteiger partial charge in [-0.3, -0.25) is 9.59 Å².